The number of nitrogens with two attached hydrogens (primary N) is 1. The number of aromatic carboxylic acids is 1. The summed E-state index contributed by atoms with van der Waals surface area (Å²) < 4.78 is 0. The quantitative estimate of drug-likeness (QED) is 0.774. The van der Waals surface area contributed by atoms with Gasteiger partial charge >= 0.3 is 5.97 Å². The summed E-state index contributed by atoms with van der Waals surface area (Å²) in [5.41, 5.74) is 8.87. The van der Waals surface area contributed by atoms with E-state index in [1.54, 1.807) is 6.92 Å². The third kappa shape index (κ3) is 1.56. The van der Waals surface area contributed by atoms with Crippen LogP contribution in [-0.2, 0) is 0 Å². The van der Waals surface area contributed by atoms with Crippen LogP contribution in [0.5, 0.6) is 0 Å². The summed E-state index contributed by atoms with van der Waals surface area (Å²) in [5.74, 6) is -0.592. The maximum atomic E-state index is 11.1. The monoisotopic (exact) mass is 206 g/mol. The number of nitrogen functional groups attached to an aromatic ring is 1. The zero-order valence-corrected chi connectivity index (χ0v) is 8.87. The third-order valence-corrected chi connectivity index (χ3v) is 2.85. The van der Waals surface area contributed by atoms with Crippen molar-refractivity contribution in [2.45, 2.75) is 32.6 Å². The van der Waals surface area contributed by atoms with E-state index < -0.39 is 5.97 Å². The molecule has 0 radical (unpaired) electrons. The van der Waals surface area contributed by atoms with Crippen LogP contribution >= 0.6 is 0 Å². The minimum atomic E-state index is -0.923. The fraction of sp³-hybridized carbons (Fsp3) is 0.455. The van der Waals surface area contributed by atoms with Gasteiger partial charge < -0.3 is 10.8 Å². The summed E-state index contributed by atoms with van der Waals surface area (Å²) in [6, 6.07) is 0. The number of carboxylic acid groups (broad SMARTS) is 1. The molecule has 1 aliphatic rings. The highest BCUT2D eigenvalue weighted by Crippen LogP contribution is 2.45. The van der Waals surface area contributed by atoms with Crippen LogP contribution in [0, 0.1) is 13.8 Å². The maximum absolute atomic E-state index is 11.1. The smallest absolute Gasteiger partial charge is 0.337 e. The summed E-state index contributed by atoms with van der Waals surface area (Å²) in [6.07, 6.45) is 2.07. The zero-order valence-electron chi connectivity index (χ0n) is 8.87. The molecule has 0 atom stereocenters. The fourth-order valence-corrected chi connectivity index (χ4v) is 1.96. The summed E-state index contributed by atoms with van der Waals surface area (Å²) >= 11 is 0. The normalized spacial score (nSPS) is 15.3. The molecule has 1 fully saturated rings. The van der Waals surface area contributed by atoms with Gasteiger partial charge in [0.15, 0.2) is 0 Å². The number of hydrogen-bond acceptors (Lipinski definition) is 3. The second-order valence-corrected chi connectivity index (χ2v) is 4.06. The lowest BCUT2D eigenvalue weighted by Crippen LogP contribution is -2.11. The van der Waals surface area contributed by atoms with Crippen LogP contribution in [0.25, 0.3) is 0 Å². The first kappa shape index (κ1) is 9.96. The minimum Gasteiger partial charge on any atom is -0.478 e. The lowest BCUT2D eigenvalue weighted by Gasteiger charge is -2.13. The van der Waals surface area contributed by atoms with E-state index in [2.05, 4.69) is 4.98 Å². The molecule has 0 bridgehead atoms. The molecule has 0 aliphatic heterocycles. The number of pyridine rings is 1. The van der Waals surface area contributed by atoms with E-state index in [1.165, 1.54) is 0 Å². The molecular weight excluding hydrogens is 192 g/mol. The SMILES string of the molecule is Cc1nc(C)c(C(=O)O)c(C2CC2)c1N. The number of carboxylic acids is 1. The molecule has 1 aliphatic carbocycles. The van der Waals surface area contributed by atoms with E-state index in [0.717, 1.165) is 24.1 Å². The summed E-state index contributed by atoms with van der Waals surface area (Å²) in [4.78, 5) is 15.3. The Morgan fingerprint density at radius 1 is 1.40 bits per heavy atom. The number of aromatic nitrogens is 1. The Bertz CT molecular complexity index is 437. The van der Waals surface area contributed by atoms with Crippen molar-refractivity contribution in [2.24, 2.45) is 0 Å². The average molecular weight is 206 g/mol. The van der Waals surface area contributed by atoms with Crippen molar-refractivity contribution >= 4 is 11.7 Å². The Kier molecular flexibility index (Phi) is 2.14. The van der Waals surface area contributed by atoms with Gasteiger partial charge in [-0.2, -0.15) is 0 Å². The van der Waals surface area contributed by atoms with Gasteiger partial charge in [-0.25, -0.2) is 4.79 Å². The lowest BCUT2D eigenvalue weighted by molar-refractivity contribution is 0.0694. The molecule has 1 heterocycles. The Morgan fingerprint density at radius 3 is 2.47 bits per heavy atom. The highest BCUT2D eigenvalue weighted by atomic mass is 16.4. The lowest BCUT2D eigenvalue weighted by atomic mass is 9.99. The number of hydrogen-bond donors (Lipinski definition) is 2. The topological polar surface area (TPSA) is 76.2 Å². The molecule has 2 rings (SSSR count). The van der Waals surface area contributed by atoms with E-state index in [9.17, 15) is 4.79 Å². The van der Waals surface area contributed by atoms with E-state index >= 15 is 0 Å². The average Bonchev–Trinajstić information content (AvgIpc) is 2.93. The second kappa shape index (κ2) is 3.22. The molecule has 1 aromatic rings. The van der Waals surface area contributed by atoms with Crippen LogP contribution in [0.2, 0.25) is 0 Å². The van der Waals surface area contributed by atoms with E-state index in [1.807, 2.05) is 6.92 Å². The molecule has 80 valence electrons. The molecule has 1 aromatic heterocycles. The molecule has 15 heavy (non-hydrogen) atoms. The fourth-order valence-electron chi connectivity index (χ4n) is 1.96. The van der Waals surface area contributed by atoms with Crippen molar-refractivity contribution in [1.82, 2.24) is 4.98 Å². The van der Waals surface area contributed by atoms with Crippen LogP contribution < -0.4 is 5.73 Å². The summed E-state index contributed by atoms with van der Waals surface area (Å²) in [7, 11) is 0. The largest absolute Gasteiger partial charge is 0.478 e. The Morgan fingerprint density at radius 2 is 2.00 bits per heavy atom. The first-order valence-electron chi connectivity index (χ1n) is 5.02. The highest BCUT2D eigenvalue weighted by molar-refractivity contribution is 5.93. The van der Waals surface area contributed by atoms with Crippen molar-refractivity contribution in [3.8, 4) is 0 Å². The molecule has 4 nitrogen and oxygen atoms in total. The molecule has 3 N–H and O–H groups in total. The summed E-state index contributed by atoms with van der Waals surface area (Å²) in [5, 5.41) is 9.14. The van der Waals surface area contributed by atoms with Crippen LogP contribution in [-0.4, -0.2) is 16.1 Å². The number of anilines is 1. The van der Waals surface area contributed by atoms with Gasteiger partial charge in [0.25, 0.3) is 0 Å². The zero-order chi connectivity index (χ0) is 11.2. The molecule has 0 spiro atoms. The Hall–Kier alpha value is -1.58. The predicted molar refractivity (Wildman–Crippen MR) is 57.1 cm³/mol. The maximum Gasteiger partial charge on any atom is 0.337 e. The summed E-state index contributed by atoms with van der Waals surface area (Å²) in [6.45, 7) is 3.54. The van der Waals surface area contributed by atoms with Gasteiger partial charge in [-0.05, 0) is 38.2 Å². The van der Waals surface area contributed by atoms with Gasteiger partial charge in [-0.3, -0.25) is 4.98 Å². The number of nitrogens with zero attached hydrogens (tertiary/aromatic N) is 1. The van der Waals surface area contributed by atoms with Gasteiger partial charge in [0.1, 0.15) is 0 Å². The van der Waals surface area contributed by atoms with Crippen molar-refractivity contribution in [2.75, 3.05) is 5.73 Å². The standard InChI is InChI=1S/C11H14N2O2/c1-5-8(11(14)15)9(7-3-4-7)10(12)6(2)13-5/h7H,3-4,12H2,1-2H3,(H,14,15). The van der Waals surface area contributed by atoms with Crippen LogP contribution in [0.3, 0.4) is 0 Å². The Labute approximate surface area is 88.1 Å². The van der Waals surface area contributed by atoms with Crippen molar-refractivity contribution in [3.63, 3.8) is 0 Å². The van der Waals surface area contributed by atoms with Crippen LogP contribution in [0.15, 0.2) is 0 Å². The van der Waals surface area contributed by atoms with E-state index in [0.29, 0.717) is 22.9 Å². The minimum absolute atomic E-state index is 0.306. The molecular formula is C11H14N2O2. The van der Waals surface area contributed by atoms with Crippen LogP contribution in [0.4, 0.5) is 5.69 Å². The molecule has 0 amide bonds. The van der Waals surface area contributed by atoms with Gasteiger partial charge in [-0.1, -0.05) is 0 Å². The van der Waals surface area contributed by atoms with Crippen molar-refractivity contribution in [1.29, 1.82) is 0 Å². The first-order valence-corrected chi connectivity index (χ1v) is 5.02. The predicted octanol–water partition coefficient (Wildman–Crippen LogP) is 1.86. The molecule has 4 heteroatoms. The van der Waals surface area contributed by atoms with Gasteiger partial charge in [-0.15, -0.1) is 0 Å². The van der Waals surface area contributed by atoms with E-state index in [4.69, 9.17) is 10.8 Å². The number of rotatable bonds is 2. The molecule has 0 aromatic carbocycles. The second-order valence-electron chi connectivity index (χ2n) is 4.06. The molecule has 1 saturated carbocycles. The highest BCUT2D eigenvalue weighted by Gasteiger charge is 2.32. The number of carbonyl (C=O) groups is 1. The first-order chi connectivity index (χ1) is 7.02. The molecule has 0 saturated heterocycles. The van der Waals surface area contributed by atoms with Gasteiger partial charge in [0.05, 0.1) is 22.6 Å². The Balaban J connectivity index is 2.69. The number of aryl methyl sites for hydroxylation is 2. The molecule has 0 unspecified atom stereocenters. The van der Waals surface area contributed by atoms with Crippen molar-refractivity contribution < 1.29 is 9.90 Å². The van der Waals surface area contributed by atoms with Gasteiger partial charge in [0.2, 0.25) is 0 Å². The van der Waals surface area contributed by atoms with E-state index in [-0.39, 0.29) is 0 Å². The van der Waals surface area contributed by atoms with Crippen molar-refractivity contribution in [3.05, 3.63) is 22.5 Å². The van der Waals surface area contributed by atoms with Gasteiger partial charge in [0, 0.05) is 0 Å². The van der Waals surface area contributed by atoms with Crippen LogP contribution in [0.1, 0.15) is 46.1 Å². The third-order valence-electron chi connectivity index (χ3n) is 2.85.